The highest BCUT2D eigenvalue weighted by Crippen LogP contribution is 2.11. The monoisotopic (exact) mass is 187 g/mol. The van der Waals surface area contributed by atoms with Gasteiger partial charge >= 0.3 is 0 Å². The lowest BCUT2D eigenvalue weighted by Gasteiger charge is -2.04. The molecule has 0 amide bonds. The Kier molecular flexibility index (Phi) is 2.40. The van der Waals surface area contributed by atoms with E-state index in [1.165, 1.54) is 5.69 Å². The molecule has 0 bridgehead atoms. The molecular formula is C11H13N3. The van der Waals surface area contributed by atoms with E-state index in [-0.39, 0.29) is 0 Å². The predicted molar refractivity (Wildman–Crippen MR) is 59.0 cm³/mol. The topological polar surface area (TPSA) is 53.8 Å². The Morgan fingerprint density at radius 1 is 1.14 bits per heavy atom. The first kappa shape index (κ1) is 8.69. The lowest BCUT2D eigenvalue weighted by Crippen LogP contribution is -1.99. The number of nitrogen functional groups attached to an aromatic ring is 1. The van der Waals surface area contributed by atoms with E-state index in [2.05, 4.69) is 10.3 Å². The van der Waals surface area contributed by atoms with Crippen LogP contribution < -0.4 is 11.1 Å². The third kappa shape index (κ3) is 2.07. The number of anilines is 2. The lowest BCUT2D eigenvalue weighted by molar-refractivity contribution is 1.07. The quantitative estimate of drug-likeness (QED) is 0.645. The minimum Gasteiger partial charge on any atom is -0.399 e. The number of hydrogen-bond acceptors (Lipinski definition) is 2. The molecule has 0 aliphatic rings. The van der Waals surface area contributed by atoms with E-state index in [4.69, 9.17) is 5.73 Å². The highest BCUT2D eigenvalue weighted by atomic mass is 14.9. The van der Waals surface area contributed by atoms with E-state index in [0.29, 0.717) is 0 Å². The maximum absolute atomic E-state index is 5.58. The van der Waals surface area contributed by atoms with Crippen LogP contribution in [-0.4, -0.2) is 4.98 Å². The molecular weight excluding hydrogens is 174 g/mol. The molecule has 72 valence electrons. The maximum Gasteiger partial charge on any atom is 0.0551 e. The molecule has 3 heteroatoms. The lowest BCUT2D eigenvalue weighted by atomic mass is 10.3. The number of H-pyrrole nitrogens is 1. The fraction of sp³-hybridized carbons (Fsp3) is 0.0909. The first-order valence-corrected chi connectivity index (χ1v) is 4.56. The van der Waals surface area contributed by atoms with Gasteiger partial charge in [0.2, 0.25) is 0 Å². The van der Waals surface area contributed by atoms with Gasteiger partial charge in [0.25, 0.3) is 0 Å². The fourth-order valence-corrected chi connectivity index (χ4v) is 1.28. The molecule has 0 aliphatic carbocycles. The van der Waals surface area contributed by atoms with Gasteiger partial charge in [0, 0.05) is 23.3 Å². The molecule has 3 nitrogen and oxygen atoms in total. The van der Waals surface area contributed by atoms with Gasteiger partial charge in [-0.3, -0.25) is 0 Å². The number of aromatic amines is 1. The number of hydrogen-bond donors (Lipinski definition) is 3. The van der Waals surface area contributed by atoms with Crippen molar-refractivity contribution in [1.29, 1.82) is 0 Å². The first-order valence-electron chi connectivity index (χ1n) is 4.56. The molecule has 0 unspecified atom stereocenters. The Balaban J connectivity index is 1.95. The van der Waals surface area contributed by atoms with Crippen LogP contribution in [0.2, 0.25) is 0 Å². The molecule has 0 spiro atoms. The van der Waals surface area contributed by atoms with Gasteiger partial charge in [-0.05, 0) is 36.4 Å². The Hall–Kier alpha value is -1.90. The van der Waals surface area contributed by atoms with Crippen LogP contribution in [0.5, 0.6) is 0 Å². The average molecular weight is 187 g/mol. The Morgan fingerprint density at radius 2 is 1.93 bits per heavy atom. The summed E-state index contributed by atoms with van der Waals surface area (Å²) < 4.78 is 0. The summed E-state index contributed by atoms with van der Waals surface area (Å²) in [5.74, 6) is 0. The van der Waals surface area contributed by atoms with Gasteiger partial charge in [0.15, 0.2) is 0 Å². The van der Waals surface area contributed by atoms with Crippen LogP contribution in [0.25, 0.3) is 0 Å². The van der Waals surface area contributed by atoms with Crippen LogP contribution >= 0.6 is 0 Å². The van der Waals surface area contributed by atoms with Crippen LogP contribution in [-0.2, 0) is 6.54 Å². The van der Waals surface area contributed by atoms with Crippen LogP contribution in [0.3, 0.4) is 0 Å². The smallest absolute Gasteiger partial charge is 0.0551 e. The molecule has 0 saturated heterocycles. The number of aromatic nitrogens is 1. The molecule has 2 rings (SSSR count). The zero-order chi connectivity index (χ0) is 9.80. The average Bonchev–Trinajstić information content (AvgIpc) is 2.70. The SMILES string of the molecule is Nc1ccc(NCc2ccc[nH]2)cc1. The molecule has 0 fully saturated rings. The number of rotatable bonds is 3. The van der Waals surface area contributed by atoms with Crippen molar-refractivity contribution >= 4 is 11.4 Å². The predicted octanol–water partition coefficient (Wildman–Crippen LogP) is 2.21. The highest BCUT2D eigenvalue weighted by Gasteiger charge is 1.93. The summed E-state index contributed by atoms with van der Waals surface area (Å²) in [6.45, 7) is 0.802. The van der Waals surface area contributed by atoms with Crippen molar-refractivity contribution in [3.63, 3.8) is 0 Å². The number of benzene rings is 1. The Labute approximate surface area is 83.0 Å². The Morgan fingerprint density at radius 3 is 2.57 bits per heavy atom. The maximum atomic E-state index is 5.58. The molecule has 2 aromatic rings. The summed E-state index contributed by atoms with van der Waals surface area (Å²) in [7, 11) is 0. The summed E-state index contributed by atoms with van der Waals surface area (Å²) >= 11 is 0. The third-order valence-corrected chi connectivity index (χ3v) is 2.06. The van der Waals surface area contributed by atoms with E-state index in [1.807, 2.05) is 42.6 Å². The summed E-state index contributed by atoms with van der Waals surface area (Å²) in [6, 6.07) is 11.7. The first-order chi connectivity index (χ1) is 6.84. The minimum atomic E-state index is 0.787. The summed E-state index contributed by atoms with van der Waals surface area (Å²) in [4.78, 5) is 3.13. The fourth-order valence-electron chi connectivity index (χ4n) is 1.28. The van der Waals surface area contributed by atoms with Gasteiger partial charge < -0.3 is 16.0 Å². The van der Waals surface area contributed by atoms with E-state index in [0.717, 1.165) is 17.9 Å². The molecule has 4 N–H and O–H groups in total. The van der Waals surface area contributed by atoms with Crippen molar-refractivity contribution in [1.82, 2.24) is 4.98 Å². The number of nitrogens with two attached hydrogens (primary N) is 1. The minimum absolute atomic E-state index is 0.787. The van der Waals surface area contributed by atoms with E-state index in [9.17, 15) is 0 Å². The van der Waals surface area contributed by atoms with Crippen molar-refractivity contribution in [3.8, 4) is 0 Å². The molecule has 0 aliphatic heterocycles. The molecule has 0 saturated carbocycles. The van der Waals surface area contributed by atoms with Crippen molar-refractivity contribution in [2.24, 2.45) is 0 Å². The van der Waals surface area contributed by atoms with Gasteiger partial charge in [-0.15, -0.1) is 0 Å². The van der Waals surface area contributed by atoms with Crippen LogP contribution in [0.1, 0.15) is 5.69 Å². The van der Waals surface area contributed by atoms with E-state index < -0.39 is 0 Å². The van der Waals surface area contributed by atoms with Crippen molar-refractivity contribution in [2.75, 3.05) is 11.1 Å². The normalized spacial score (nSPS) is 10.0. The summed E-state index contributed by atoms with van der Waals surface area (Å²) in [5, 5.41) is 3.29. The van der Waals surface area contributed by atoms with Gasteiger partial charge in [-0.1, -0.05) is 0 Å². The van der Waals surface area contributed by atoms with Gasteiger partial charge in [0.05, 0.1) is 6.54 Å². The summed E-state index contributed by atoms with van der Waals surface area (Å²) in [6.07, 6.45) is 1.92. The molecule has 1 aromatic heterocycles. The van der Waals surface area contributed by atoms with Gasteiger partial charge in [-0.2, -0.15) is 0 Å². The molecule has 14 heavy (non-hydrogen) atoms. The molecule has 1 heterocycles. The summed E-state index contributed by atoms with van der Waals surface area (Å²) in [5.41, 5.74) is 8.62. The highest BCUT2D eigenvalue weighted by molar-refractivity contribution is 5.51. The van der Waals surface area contributed by atoms with Crippen LogP contribution in [0.15, 0.2) is 42.6 Å². The van der Waals surface area contributed by atoms with Crippen LogP contribution in [0, 0.1) is 0 Å². The van der Waals surface area contributed by atoms with Crippen molar-refractivity contribution in [3.05, 3.63) is 48.3 Å². The second-order valence-electron chi connectivity index (χ2n) is 3.17. The third-order valence-electron chi connectivity index (χ3n) is 2.06. The second kappa shape index (κ2) is 3.87. The Bertz CT molecular complexity index is 375. The number of nitrogens with one attached hydrogen (secondary N) is 2. The van der Waals surface area contributed by atoms with Gasteiger partial charge in [0.1, 0.15) is 0 Å². The second-order valence-corrected chi connectivity index (χ2v) is 3.17. The van der Waals surface area contributed by atoms with Crippen molar-refractivity contribution in [2.45, 2.75) is 6.54 Å². The largest absolute Gasteiger partial charge is 0.399 e. The molecule has 0 atom stereocenters. The van der Waals surface area contributed by atoms with E-state index in [1.54, 1.807) is 0 Å². The zero-order valence-electron chi connectivity index (χ0n) is 7.83. The zero-order valence-corrected chi connectivity index (χ0v) is 7.83. The molecule has 0 radical (unpaired) electrons. The molecule has 1 aromatic carbocycles. The van der Waals surface area contributed by atoms with Crippen molar-refractivity contribution < 1.29 is 0 Å². The van der Waals surface area contributed by atoms with Gasteiger partial charge in [-0.25, -0.2) is 0 Å². The van der Waals surface area contributed by atoms with Crippen LogP contribution in [0.4, 0.5) is 11.4 Å². The standard InChI is InChI=1S/C11H13N3/c12-9-3-5-10(6-4-9)14-8-11-2-1-7-13-11/h1-7,13-14H,8,12H2. The van der Waals surface area contributed by atoms with E-state index >= 15 is 0 Å².